The molecule has 7 heteroatoms. The molecule has 0 spiro atoms. The van der Waals surface area contributed by atoms with Crippen molar-refractivity contribution in [1.82, 2.24) is 9.88 Å². The number of carboxylic acid groups (broad SMARTS) is 1. The predicted octanol–water partition coefficient (Wildman–Crippen LogP) is 4.21. The number of hydrogen-bond donors (Lipinski definition) is 1. The van der Waals surface area contributed by atoms with Gasteiger partial charge in [0.2, 0.25) is 5.91 Å². The van der Waals surface area contributed by atoms with E-state index < -0.39 is 12.1 Å². The van der Waals surface area contributed by atoms with Crippen LogP contribution in [0.15, 0.2) is 47.1 Å². The van der Waals surface area contributed by atoms with Crippen molar-refractivity contribution in [2.24, 2.45) is 0 Å². The van der Waals surface area contributed by atoms with E-state index in [1.807, 2.05) is 43.3 Å². The van der Waals surface area contributed by atoms with Gasteiger partial charge in [0.25, 0.3) is 0 Å². The van der Waals surface area contributed by atoms with Crippen LogP contribution in [0.3, 0.4) is 0 Å². The van der Waals surface area contributed by atoms with Gasteiger partial charge in [-0.3, -0.25) is 9.69 Å². The lowest BCUT2D eigenvalue weighted by Crippen LogP contribution is -2.47. The average Bonchev–Trinajstić information content (AvgIpc) is 2.59. The van der Waals surface area contributed by atoms with Gasteiger partial charge in [-0.05, 0) is 47.0 Å². The molecular weight excluding hydrogens is 398 g/mol. The van der Waals surface area contributed by atoms with Crippen molar-refractivity contribution in [2.75, 3.05) is 4.90 Å². The second-order valence-electron chi connectivity index (χ2n) is 6.42. The fourth-order valence-corrected chi connectivity index (χ4v) is 3.84. The van der Waals surface area contributed by atoms with Crippen LogP contribution in [0.5, 0.6) is 0 Å². The molecule has 26 heavy (non-hydrogen) atoms. The van der Waals surface area contributed by atoms with Crippen LogP contribution in [0.2, 0.25) is 0 Å². The molecule has 2 aromatic rings. The van der Waals surface area contributed by atoms with Gasteiger partial charge in [-0.1, -0.05) is 30.3 Å². The van der Waals surface area contributed by atoms with Gasteiger partial charge in [-0.15, -0.1) is 0 Å². The Labute approximate surface area is 160 Å². The van der Waals surface area contributed by atoms with Gasteiger partial charge in [0.15, 0.2) is 0 Å². The molecule has 0 saturated carbocycles. The monoisotopic (exact) mass is 417 g/mol. The molecular formula is C19H20BrN3O3. The molecule has 0 radical (unpaired) electrons. The van der Waals surface area contributed by atoms with Crippen molar-refractivity contribution in [3.8, 4) is 0 Å². The number of hydrogen-bond acceptors (Lipinski definition) is 3. The van der Waals surface area contributed by atoms with E-state index in [-0.39, 0.29) is 18.5 Å². The van der Waals surface area contributed by atoms with Crippen molar-refractivity contribution < 1.29 is 14.7 Å². The van der Waals surface area contributed by atoms with Crippen LogP contribution >= 0.6 is 15.9 Å². The molecule has 2 unspecified atom stereocenters. The van der Waals surface area contributed by atoms with E-state index >= 15 is 0 Å². The highest BCUT2D eigenvalue weighted by Crippen LogP contribution is 2.40. The zero-order valence-corrected chi connectivity index (χ0v) is 16.2. The van der Waals surface area contributed by atoms with E-state index in [1.54, 1.807) is 11.0 Å². The summed E-state index contributed by atoms with van der Waals surface area (Å²) in [6, 6.07) is 12.5. The van der Waals surface area contributed by atoms with Crippen molar-refractivity contribution >= 4 is 33.6 Å². The van der Waals surface area contributed by atoms with E-state index in [4.69, 9.17) is 0 Å². The number of carbonyl (C=O) groups excluding carboxylic acids is 1. The maximum atomic E-state index is 12.1. The second kappa shape index (κ2) is 7.45. The summed E-state index contributed by atoms with van der Waals surface area (Å²) in [6.07, 6.45) is -0.509. The Kier molecular flexibility index (Phi) is 5.27. The van der Waals surface area contributed by atoms with Crippen molar-refractivity contribution in [1.29, 1.82) is 0 Å². The highest BCUT2D eigenvalue weighted by molar-refractivity contribution is 9.10. The minimum absolute atomic E-state index is 0.0775. The molecule has 1 aromatic carbocycles. The largest absolute Gasteiger partial charge is 0.465 e. The summed E-state index contributed by atoms with van der Waals surface area (Å²) < 4.78 is 0.615. The summed E-state index contributed by atoms with van der Waals surface area (Å²) >= 11 is 3.36. The summed E-state index contributed by atoms with van der Waals surface area (Å²) in [6.45, 7) is 3.71. The number of benzene rings is 1. The first-order valence-corrected chi connectivity index (χ1v) is 9.17. The van der Waals surface area contributed by atoms with Gasteiger partial charge in [0.05, 0.1) is 17.4 Å². The molecule has 1 aliphatic rings. The Bertz CT molecular complexity index is 828. The summed E-state index contributed by atoms with van der Waals surface area (Å²) in [4.78, 5) is 31.8. The van der Waals surface area contributed by atoms with Crippen LogP contribution in [-0.2, 0) is 11.3 Å². The fraction of sp³-hybridized carbons (Fsp3) is 0.316. The third kappa shape index (κ3) is 3.58. The van der Waals surface area contributed by atoms with Gasteiger partial charge in [0.1, 0.15) is 4.60 Å². The molecule has 2 atom stereocenters. The van der Waals surface area contributed by atoms with Gasteiger partial charge in [-0.2, -0.15) is 0 Å². The first-order valence-electron chi connectivity index (χ1n) is 8.38. The maximum absolute atomic E-state index is 12.1. The quantitative estimate of drug-likeness (QED) is 0.758. The molecule has 1 N–H and O–H groups in total. The molecule has 3 rings (SSSR count). The summed E-state index contributed by atoms with van der Waals surface area (Å²) in [5, 5.41) is 9.85. The number of fused-ring (bicyclic) bond motifs is 1. The number of aromatic nitrogens is 1. The van der Waals surface area contributed by atoms with Gasteiger partial charge < -0.3 is 10.0 Å². The van der Waals surface area contributed by atoms with Crippen LogP contribution in [0.25, 0.3) is 0 Å². The zero-order valence-electron chi connectivity index (χ0n) is 14.6. The lowest BCUT2D eigenvalue weighted by molar-refractivity contribution is -0.117. The Morgan fingerprint density at radius 1 is 1.27 bits per heavy atom. The number of nitrogens with zero attached hydrogens (tertiary/aromatic N) is 3. The van der Waals surface area contributed by atoms with E-state index in [2.05, 4.69) is 20.9 Å². The third-order valence-electron chi connectivity index (χ3n) is 4.61. The summed E-state index contributed by atoms with van der Waals surface area (Å²) in [5.41, 5.74) is 2.18. The van der Waals surface area contributed by atoms with E-state index in [0.29, 0.717) is 22.4 Å². The SMILES string of the molecule is CC(=O)N1c2ccc(Br)nc2C(N(Cc2ccccc2)C(=O)O)CC1C. The number of halogens is 1. The first-order chi connectivity index (χ1) is 12.4. The average molecular weight is 418 g/mol. The molecule has 0 aliphatic carbocycles. The molecule has 0 saturated heterocycles. The molecule has 2 amide bonds. The Hall–Kier alpha value is -2.41. The molecule has 0 fully saturated rings. The Morgan fingerprint density at radius 3 is 2.58 bits per heavy atom. The molecule has 2 heterocycles. The van der Waals surface area contributed by atoms with Gasteiger partial charge in [-0.25, -0.2) is 9.78 Å². The Balaban J connectivity index is 2.04. The van der Waals surface area contributed by atoms with Crippen LogP contribution in [0, 0.1) is 0 Å². The zero-order chi connectivity index (χ0) is 18.8. The lowest BCUT2D eigenvalue weighted by atomic mass is 9.94. The summed E-state index contributed by atoms with van der Waals surface area (Å²) in [7, 11) is 0. The predicted molar refractivity (Wildman–Crippen MR) is 102 cm³/mol. The lowest BCUT2D eigenvalue weighted by Gasteiger charge is -2.41. The first kappa shape index (κ1) is 18.4. The second-order valence-corrected chi connectivity index (χ2v) is 7.24. The molecule has 0 bridgehead atoms. The van der Waals surface area contributed by atoms with E-state index in [0.717, 1.165) is 5.56 Å². The summed E-state index contributed by atoms with van der Waals surface area (Å²) in [5.74, 6) is -0.0775. The molecule has 6 nitrogen and oxygen atoms in total. The van der Waals surface area contributed by atoms with Crippen LogP contribution < -0.4 is 4.90 Å². The smallest absolute Gasteiger partial charge is 0.408 e. The van der Waals surface area contributed by atoms with Crippen LogP contribution in [-0.4, -0.2) is 33.0 Å². The van der Waals surface area contributed by atoms with Crippen molar-refractivity contribution in [3.63, 3.8) is 0 Å². The highest BCUT2D eigenvalue weighted by Gasteiger charge is 2.38. The minimum atomic E-state index is -1.00. The fourth-order valence-electron chi connectivity index (χ4n) is 3.52. The van der Waals surface area contributed by atoms with E-state index in [1.165, 1.54) is 11.8 Å². The normalized spacial score (nSPS) is 19.0. The highest BCUT2D eigenvalue weighted by atomic mass is 79.9. The molecule has 136 valence electrons. The number of pyridine rings is 1. The third-order valence-corrected chi connectivity index (χ3v) is 5.05. The van der Waals surface area contributed by atoms with Crippen LogP contribution in [0.1, 0.15) is 37.6 Å². The minimum Gasteiger partial charge on any atom is -0.465 e. The van der Waals surface area contributed by atoms with Gasteiger partial charge in [0, 0.05) is 19.5 Å². The maximum Gasteiger partial charge on any atom is 0.408 e. The topological polar surface area (TPSA) is 73.7 Å². The standard InChI is InChI=1S/C19H20BrN3O3/c1-12-10-16(22(19(25)26)11-14-6-4-3-5-7-14)18-15(23(12)13(2)24)8-9-17(20)21-18/h3-9,12,16H,10-11H2,1-2H3,(H,25,26). The number of rotatable bonds is 3. The van der Waals surface area contributed by atoms with Crippen LogP contribution in [0.4, 0.5) is 10.5 Å². The number of amides is 2. The number of anilines is 1. The molecule has 1 aliphatic heterocycles. The van der Waals surface area contributed by atoms with Crippen molar-refractivity contribution in [2.45, 2.75) is 38.9 Å². The van der Waals surface area contributed by atoms with E-state index in [9.17, 15) is 14.7 Å². The van der Waals surface area contributed by atoms with Crippen molar-refractivity contribution in [3.05, 3.63) is 58.3 Å². The molecule has 1 aromatic heterocycles. The number of carbonyl (C=O) groups is 2. The Morgan fingerprint density at radius 2 is 1.96 bits per heavy atom. The van der Waals surface area contributed by atoms with Gasteiger partial charge >= 0.3 is 6.09 Å².